The number of thiophene rings is 1. The zero-order chi connectivity index (χ0) is 13.2. The van der Waals surface area contributed by atoms with Crippen LogP contribution in [0, 0.1) is 6.92 Å². The molecule has 1 aliphatic heterocycles. The first-order valence-corrected chi connectivity index (χ1v) is 8.03. The lowest BCUT2D eigenvalue weighted by molar-refractivity contribution is -0.115. The molecule has 0 aromatic carbocycles. The van der Waals surface area contributed by atoms with E-state index in [1.165, 1.54) is 28.7 Å². The van der Waals surface area contributed by atoms with Crippen molar-refractivity contribution in [2.75, 3.05) is 0 Å². The number of thiazole rings is 1. The smallest absolute Gasteiger partial charge is 0.264 e. The number of amides is 1. The number of amidine groups is 1. The van der Waals surface area contributed by atoms with Gasteiger partial charge in [0.15, 0.2) is 5.17 Å². The first-order chi connectivity index (χ1) is 9.22. The lowest BCUT2D eigenvalue weighted by Crippen LogP contribution is -2.19. The third-order valence-corrected chi connectivity index (χ3v) is 4.97. The molecule has 1 aliphatic rings. The van der Waals surface area contributed by atoms with Crippen LogP contribution in [-0.4, -0.2) is 16.1 Å². The minimum atomic E-state index is -0.104. The van der Waals surface area contributed by atoms with Gasteiger partial charge in [-0.05, 0) is 41.8 Å². The maximum absolute atomic E-state index is 11.9. The Labute approximate surface area is 122 Å². The van der Waals surface area contributed by atoms with Crippen LogP contribution in [0.1, 0.15) is 10.4 Å². The molecule has 1 saturated heterocycles. The molecule has 1 N–H and O–H groups in total. The van der Waals surface area contributed by atoms with Crippen molar-refractivity contribution in [2.24, 2.45) is 4.99 Å². The van der Waals surface area contributed by atoms with E-state index in [2.05, 4.69) is 15.3 Å². The predicted molar refractivity (Wildman–Crippen MR) is 82.0 cm³/mol. The van der Waals surface area contributed by atoms with Crippen LogP contribution in [0.25, 0.3) is 6.08 Å². The van der Waals surface area contributed by atoms with Crippen LogP contribution >= 0.6 is 34.4 Å². The molecule has 0 aliphatic carbocycles. The van der Waals surface area contributed by atoms with Gasteiger partial charge in [0.2, 0.25) is 5.13 Å². The van der Waals surface area contributed by atoms with Crippen molar-refractivity contribution in [2.45, 2.75) is 6.92 Å². The molecule has 0 bridgehead atoms. The second-order valence-electron chi connectivity index (χ2n) is 3.76. The number of nitrogens with one attached hydrogen (secondary N) is 1. The molecule has 7 heteroatoms. The summed E-state index contributed by atoms with van der Waals surface area (Å²) in [5, 5.41) is 7.86. The van der Waals surface area contributed by atoms with Crippen molar-refractivity contribution >= 4 is 56.7 Å². The average molecular weight is 307 g/mol. The Kier molecular flexibility index (Phi) is 3.50. The number of carbonyl (C=O) groups excluding carboxylic acids is 1. The molecule has 0 spiro atoms. The molecule has 4 nitrogen and oxygen atoms in total. The second-order valence-corrected chi connectivity index (χ2v) is 6.62. The van der Waals surface area contributed by atoms with Crippen molar-refractivity contribution in [3.63, 3.8) is 0 Å². The van der Waals surface area contributed by atoms with Gasteiger partial charge in [-0.3, -0.25) is 4.79 Å². The summed E-state index contributed by atoms with van der Waals surface area (Å²) in [6.07, 6.45) is 3.60. The Hall–Kier alpha value is -1.44. The highest BCUT2D eigenvalue weighted by Gasteiger charge is 2.24. The van der Waals surface area contributed by atoms with Gasteiger partial charge in [-0.2, -0.15) is 4.99 Å². The Balaban J connectivity index is 1.85. The van der Waals surface area contributed by atoms with Gasteiger partial charge in [-0.1, -0.05) is 0 Å². The van der Waals surface area contributed by atoms with E-state index < -0.39 is 0 Å². The second kappa shape index (κ2) is 5.28. The zero-order valence-corrected chi connectivity index (χ0v) is 12.4. The van der Waals surface area contributed by atoms with Crippen LogP contribution in [0.4, 0.5) is 5.13 Å². The average Bonchev–Trinajstić information content (AvgIpc) is 3.07. The van der Waals surface area contributed by atoms with Gasteiger partial charge in [-0.25, -0.2) is 4.98 Å². The Bertz CT molecular complexity index is 670. The fraction of sp³-hybridized carbons (Fsp3) is 0.0833. The number of thioether (sulfide) groups is 1. The Morgan fingerprint density at radius 1 is 1.37 bits per heavy atom. The molecule has 3 rings (SSSR count). The van der Waals surface area contributed by atoms with Crippen molar-refractivity contribution < 1.29 is 4.79 Å². The van der Waals surface area contributed by atoms with Gasteiger partial charge in [0.25, 0.3) is 5.91 Å². The summed E-state index contributed by atoms with van der Waals surface area (Å²) in [6.45, 7) is 2.03. The number of nitrogens with zero attached hydrogens (tertiary/aromatic N) is 2. The molecule has 0 radical (unpaired) electrons. The molecule has 3 heterocycles. The van der Waals surface area contributed by atoms with Gasteiger partial charge >= 0.3 is 0 Å². The van der Waals surface area contributed by atoms with Gasteiger partial charge < -0.3 is 5.32 Å². The van der Waals surface area contributed by atoms with Gasteiger partial charge in [-0.15, -0.1) is 22.7 Å². The number of rotatable bonds is 2. The van der Waals surface area contributed by atoms with Crippen LogP contribution in [-0.2, 0) is 4.79 Å². The molecule has 2 aromatic rings. The van der Waals surface area contributed by atoms with Crippen molar-refractivity contribution in [3.8, 4) is 0 Å². The van der Waals surface area contributed by atoms with Crippen LogP contribution in [0.5, 0.6) is 0 Å². The minimum absolute atomic E-state index is 0.104. The standard InChI is InChI=1S/C12H9N3OS3/c1-7-2-4-17-8(7)6-9-10(16)14-12(19-9)15-11-13-3-5-18-11/h2-6H,1H3,(H,13,14,15,16). The zero-order valence-electron chi connectivity index (χ0n) is 9.91. The van der Waals surface area contributed by atoms with E-state index in [9.17, 15) is 4.79 Å². The van der Waals surface area contributed by atoms with E-state index in [1.54, 1.807) is 17.5 Å². The first kappa shape index (κ1) is 12.6. The monoisotopic (exact) mass is 307 g/mol. The lowest BCUT2D eigenvalue weighted by atomic mass is 10.3. The van der Waals surface area contributed by atoms with Crippen molar-refractivity contribution in [1.82, 2.24) is 10.3 Å². The Morgan fingerprint density at radius 2 is 2.26 bits per heavy atom. The minimum Gasteiger partial charge on any atom is -0.300 e. The summed E-state index contributed by atoms with van der Waals surface area (Å²) in [5.41, 5.74) is 1.18. The van der Waals surface area contributed by atoms with E-state index in [1.807, 2.05) is 29.8 Å². The molecule has 96 valence electrons. The highest BCUT2D eigenvalue weighted by atomic mass is 32.2. The summed E-state index contributed by atoms with van der Waals surface area (Å²) >= 11 is 4.41. The third-order valence-electron chi connectivity index (χ3n) is 2.43. The number of aryl methyl sites for hydroxylation is 1. The van der Waals surface area contributed by atoms with Crippen LogP contribution in [0.3, 0.4) is 0 Å². The number of carbonyl (C=O) groups is 1. The normalized spacial score (nSPS) is 19.3. The van der Waals surface area contributed by atoms with Crippen LogP contribution in [0.2, 0.25) is 0 Å². The number of aliphatic imine (C=N–C) groups is 1. The van der Waals surface area contributed by atoms with E-state index in [-0.39, 0.29) is 5.91 Å². The fourth-order valence-corrected chi connectivity index (χ4v) is 3.79. The molecular formula is C12H9N3OS3. The molecule has 1 amide bonds. The van der Waals surface area contributed by atoms with Crippen LogP contribution in [0.15, 0.2) is 32.9 Å². The SMILES string of the molecule is Cc1ccsc1C=C1S/C(=N\c2nccs2)NC1=O. The number of aromatic nitrogens is 1. The van der Waals surface area contributed by atoms with E-state index in [0.29, 0.717) is 15.2 Å². The van der Waals surface area contributed by atoms with Gasteiger partial charge in [0.1, 0.15) is 0 Å². The summed E-state index contributed by atoms with van der Waals surface area (Å²) in [7, 11) is 0. The predicted octanol–water partition coefficient (Wildman–Crippen LogP) is 3.40. The molecule has 19 heavy (non-hydrogen) atoms. The quantitative estimate of drug-likeness (QED) is 0.865. The highest BCUT2D eigenvalue weighted by Crippen LogP contribution is 2.30. The third kappa shape index (κ3) is 2.78. The summed E-state index contributed by atoms with van der Waals surface area (Å²) in [5.74, 6) is -0.104. The number of hydrogen-bond acceptors (Lipinski definition) is 6. The lowest BCUT2D eigenvalue weighted by Gasteiger charge is -1.91. The van der Waals surface area contributed by atoms with Crippen LogP contribution < -0.4 is 5.32 Å². The highest BCUT2D eigenvalue weighted by molar-refractivity contribution is 8.18. The molecule has 0 atom stereocenters. The maximum Gasteiger partial charge on any atom is 0.264 e. The summed E-state index contributed by atoms with van der Waals surface area (Å²) < 4.78 is 0. The number of hydrogen-bond donors (Lipinski definition) is 1. The summed E-state index contributed by atoms with van der Waals surface area (Å²) in [6, 6.07) is 2.04. The van der Waals surface area contributed by atoms with E-state index in [4.69, 9.17) is 0 Å². The first-order valence-electron chi connectivity index (χ1n) is 5.45. The van der Waals surface area contributed by atoms with E-state index >= 15 is 0 Å². The fourth-order valence-electron chi connectivity index (χ4n) is 1.49. The molecule has 2 aromatic heterocycles. The summed E-state index contributed by atoms with van der Waals surface area (Å²) in [4.78, 5) is 22.0. The topological polar surface area (TPSA) is 54.4 Å². The van der Waals surface area contributed by atoms with Gasteiger partial charge in [0.05, 0.1) is 4.91 Å². The van der Waals surface area contributed by atoms with Crippen molar-refractivity contribution in [3.05, 3.63) is 38.4 Å². The largest absolute Gasteiger partial charge is 0.300 e. The molecule has 0 saturated carbocycles. The molecule has 1 fully saturated rings. The van der Waals surface area contributed by atoms with E-state index in [0.717, 1.165) is 4.88 Å². The molecular weight excluding hydrogens is 298 g/mol. The van der Waals surface area contributed by atoms with Crippen molar-refractivity contribution in [1.29, 1.82) is 0 Å². The van der Waals surface area contributed by atoms with Gasteiger partial charge in [0, 0.05) is 16.5 Å². The maximum atomic E-state index is 11.9. The molecule has 0 unspecified atom stereocenters. The Morgan fingerprint density at radius 3 is 2.95 bits per heavy atom.